The third-order valence-corrected chi connectivity index (χ3v) is 4.45. The predicted octanol–water partition coefficient (Wildman–Crippen LogP) is 4.93. The minimum absolute atomic E-state index is 0.0378. The number of nitrogens with zero attached hydrogens (tertiary/aromatic N) is 4. The molecule has 0 saturated carbocycles. The molecule has 0 aliphatic heterocycles. The molecule has 1 heterocycles. The van der Waals surface area contributed by atoms with E-state index in [4.69, 9.17) is 23.2 Å². The van der Waals surface area contributed by atoms with Crippen LogP contribution in [0.15, 0.2) is 24.4 Å². The van der Waals surface area contributed by atoms with E-state index in [0.717, 1.165) is 12.7 Å². The highest BCUT2D eigenvalue weighted by molar-refractivity contribution is 6.42. The van der Waals surface area contributed by atoms with Crippen LogP contribution in [0.3, 0.4) is 0 Å². The van der Waals surface area contributed by atoms with Crippen LogP contribution in [0, 0.1) is 0 Å². The van der Waals surface area contributed by atoms with Gasteiger partial charge in [0.25, 0.3) is 0 Å². The lowest BCUT2D eigenvalue weighted by atomic mass is 10.2. The van der Waals surface area contributed by atoms with Gasteiger partial charge in [-0.05, 0) is 45.3 Å². The highest BCUT2D eigenvalue weighted by Gasteiger charge is 2.36. The van der Waals surface area contributed by atoms with Gasteiger partial charge in [-0.15, -0.1) is 0 Å². The summed E-state index contributed by atoms with van der Waals surface area (Å²) in [4.78, 5) is 11.3. The Morgan fingerprint density at radius 2 is 1.78 bits per heavy atom. The number of nitrogens with one attached hydrogen (secondary N) is 1. The summed E-state index contributed by atoms with van der Waals surface area (Å²) in [5.74, 6) is -0.144. The van der Waals surface area contributed by atoms with E-state index < -0.39 is 11.7 Å². The van der Waals surface area contributed by atoms with Crippen LogP contribution in [0.2, 0.25) is 10.0 Å². The molecule has 10 heteroatoms. The van der Waals surface area contributed by atoms with Crippen LogP contribution in [0.25, 0.3) is 0 Å². The first-order chi connectivity index (χ1) is 12.6. The number of rotatable bonds is 7. The molecule has 0 radical (unpaired) electrons. The van der Waals surface area contributed by atoms with Gasteiger partial charge < -0.3 is 15.1 Å². The van der Waals surface area contributed by atoms with Crippen LogP contribution in [0.1, 0.15) is 12.0 Å². The van der Waals surface area contributed by atoms with Gasteiger partial charge in [-0.1, -0.05) is 23.2 Å². The van der Waals surface area contributed by atoms with Crippen LogP contribution in [0.4, 0.5) is 30.6 Å². The number of hydrogen-bond donors (Lipinski definition) is 1. The molecule has 2 aromatic rings. The fourth-order valence-electron chi connectivity index (χ4n) is 2.36. The maximum absolute atomic E-state index is 13.3. The SMILES string of the molecule is CN(C)CCCN(C)c1nc(Nc2ccc(Cl)c(Cl)c2)ncc1C(F)(F)F. The van der Waals surface area contributed by atoms with E-state index >= 15 is 0 Å². The first kappa shape index (κ1) is 21.5. The number of hydrogen-bond acceptors (Lipinski definition) is 5. The Balaban J connectivity index is 2.28. The average molecular weight is 422 g/mol. The molecule has 27 heavy (non-hydrogen) atoms. The molecule has 0 atom stereocenters. The van der Waals surface area contributed by atoms with Crippen LogP contribution < -0.4 is 10.2 Å². The lowest BCUT2D eigenvalue weighted by molar-refractivity contribution is -0.137. The second-order valence-corrected chi connectivity index (χ2v) is 7.08. The van der Waals surface area contributed by atoms with Crippen molar-refractivity contribution >= 4 is 40.7 Å². The molecule has 1 aromatic carbocycles. The van der Waals surface area contributed by atoms with Crippen molar-refractivity contribution in [3.63, 3.8) is 0 Å². The third kappa shape index (κ3) is 6.12. The van der Waals surface area contributed by atoms with Crippen molar-refractivity contribution in [1.82, 2.24) is 14.9 Å². The van der Waals surface area contributed by atoms with Gasteiger partial charge in [0, 0.05) is 25.5 Å². The van der Waals surface area contributed by atoms with Crippen LogP contribution in [-0.2, 0) is 6.18 Å². The van der Waals surface area contributed by atoms with Gasteiger partial charge in [0.2, 0.25) is 5.95 Å². The minimum atomic E-state index is -4.55. The Morgan fingerprint density at radius 1 is 1.07 bits per heavy atom. The van der Waals surface area contributed by atoms with E-state index in [-0.39, 0.29) is 11.8 Å². The summed E-state index contributed by atoms with van der Waals surface area (Å²) in [5, 5.41) is 3.54. The summed E-state index contributed by atoms with van der Waals surface area (Å²) < 4.78 is 40.0. The van der Waals surface area contributed by atoms with E-state index in [2.05, 4.69) is 15.3 Å². The Bertz CT molecular complexity index is 784. The zero-order valence-electron chi connectivity index (χ0n) is 15.1. The molecule has 0 aliphatic rings. The monoisotopic (exact) mass is 421 g/mol. The molecular weight excluding hydrogens is 402 g/mol. The standard InChI is InChI=1S/C17H20Cl2F3N5/c1-26(2)7-4-8-27(3)15-12(17(20,21)22)10-23-16(25-15)24-11-5-6-13(18)14(19)9-11/h5-6,9-10H,4,7-8H2,1-3H3,(H,23,24,25). The topological polar surface area (TPSA) is 44.3 Å². The van der Waals surface area contributed by atoms with Crippen molar-refractivity contribution in [2.24, 2.45) is 0 Å². The number of alkyl halides is 3. The Labute approximate surface area is 166 Å². The number of anilines is 3. The summed E-state index contributed by atoms with van der Waals surface area (Å²) >= 11 is 11.8. The van der Waals surface area contributed by atoms with Gasteiger partial charge in [0.05, 0.1) is 10.0 Å². The van der Waals surface area contributed by atoms with Crippen molar-refractivity contribution in [2.45, 2.75) is 12.6 Å². The molecule has 0 aliphatic carbocycles. The fourth-order valence-corrected chi connectivity index (χ4v) is 2.66. The third-order valence-electron chi connectivity index (χ3n) is 3.71. The zero-order chi connectivity index (χ0) is 20.2. The van der Waals surface area contributed by atoms with Gasteiger partial charge in [-0.25, -0.2) is 4.98 Å². The summed E-state index contributed by atoms with van der Waals surface area (Å²) in [6.07, 6.45) is -3.07. The van der Waals surface area contributed by atoms with Crippen LogP contribution in [-0.4, -0.2) is 49.1 Å². The van der Waals surface area contributed by atoms with Gasteiger partial charge in [0.1, 0.15) is 11.4 Å². The quantitative estimate of drug-likeness (QED) is 0.686. The average Bonchev–Trinajstić information content (AvgIpc) is 2.56. The Morgan fingerprint density at radius 3 is 2.37 bits per heavy atom. The van der Waals surface area contributed by atoms with Gasteiger partial charge in [-0.2, -0.15) is 18.2 Å². The molecule has 2 rings (SSSR count). The first-order valence-electron chi connectivity index (χ1n) is 8.10. The second kappa shape index (κ2) is 8.95. The lowest BCUT2D eigenvalue weighted by Crippen LogP contribution is -2.27. The lowest BCUT2D eigenvalue weighted by Gasteiger charge is -2.23. The van der Waals surface area contributed by atoms with Gasteiger partial charge >= 0.3 is 6.18 Å². The summed E-state index contributed by atoms with van der Waals surface area (Å²) in [7, 11) is 5.40. The zero-order valence-corrected chi connectivity index (χ0v) is 16.6. The minimum Gasteiger partial charge on any atom is -0.359 e. The molecule has 1 aromatic heterocycles. The maximum atomic E-state index is 13.3. The number of halogens is 5. The van der Waals surface area contributed by atoms with Crippen LogP contribution in [0.5, 0.6) is 0 Å². The number of aromatic nitrogens is 2. The molecular formula is C17H20Cl2F3N5. The highest BCUT2D eigenvalue weighted by Crippen LogP contribution is 2.35. The van der Waals surface area contributed by atoms with Crippen LogP contribution >= 0.6 is 23.2 Å². The van der Waals surface area contributed by atoms with Crippen molar-refractivity contribution in [1.29, 1.82) is 0 Å². The van der Waals surface area contributed by atoms with E-state index in [9.17, 15) is 13.2 Å². The highest BCUT2D eigenvalue weighted by atomic mass is 35.5. The van der Waals surface area contributed by atoms with Crippen molar-refractivity contribution in [2.75, 3.05) is 44.4 Å². The largest absolute Gasteiger partial charge is 0.421 e. The molecule has 0 saturated heterocycles. The molecule has 0 fully saturated rings. The van der Waals surface area contributed by atoms with E-state index in [1.165, 1.54) is 4.90 Å². The predicted molar refractivity (Wildman–Crippen MR) is 103 cm³/mol. The Kier molecular flexibility index (Phi) is 7.13. The van der Waals surface area contributed by atoms with E-state index in [1.807, 2.05) is 19.0 Å². The normalized spacial score (nSPS) is 11.7. The molecule has 0 bridgehead atoms. The second-order valence-electron chi connectivity index (χ2n) is 6.26. The summed E-state index contributed by atoms with van der Waals surface area (Å²) in [6, 6.07) is 4.76. The molecule has 0 amide bonds. The summed E-state index contributed by atoms with van der Waals surface area (Å²) in [5.41, 5.74) is -0.361. The smallest absolute Gasteiger partial charge is 0.359 e. The van der Waals surface area contributed by atoms with Crippen molar-refractivity contribution in [3.05, 3.63) is 40.0 Å². The molecule has 1 N–H and O–H groups in total. The maximum Gasteiger partial charge on any atom is 0.421 e. The van der Waals surface area contributed by atoms with E-state index in [0.29, 0.717) is 28.7 Å². The summed E-state index contributed by atoms with van der Waals surface area (Å²) in [6.45, 7) is 1.18. The fraction of sp³-hybridized carbons (Fsp3) is 0.412. The van der Waals surface area contributed by atoms with Crippen molar-refractivity contribution < 1.29 is 13.2 Å². The first-order valence-corrected chi connectivity index (χ1v) is 8.85. The Hall–Kier alpha value is -1.77. The van der Waals surface area contributed by atoms with E-state index in [1.54, 1.807) is 25.2 Å². The van der Waals surface area contributed by atoms with Crippen molar-refractivity contribution in [3.8, 4) is 0 Å². The molecule has 148 valence electrons. The number of benzene rings is 1. The molecule has 5 nitrogen and oxygen atoms in total. The van der Waals surface area contributed by atoms with Gasteiger partial charge in [-0.3, -0.25) is 0 Å². The van der Waals surface area contributed by atoms with Gasteiger partial charge in [0.15, 0.2) is 0 Å². The molecule has 0 unspecified atom stereocenters. The molecule has 0 spiro atoms.